The number of benzene rings is 1. The molecule has 0 atom stereocenters. The lowest BCUT2D eigenvalue weighted by Gasteiger charge is -2.08. The Bertz CT molecular complexity index is 905. The van der Waals surface area contributed by atoms with Gasteiger partial charge >= 0.3 is 0 Å². The summed E-state index contributed by atoms with van der Waals surface area (Å²) in [5, 5.41) is 7.64. The van der Waals surface area contributed by atoms with Crippen molar-refractivity contribution in [2.45, 2.75) is 24.8 Å². The number of anilines is 1. The Morgan fingerprint density at radius 1 is 1.28 bits per heavy atom. The lowest BCUT2D eigenvalue weighted by molar-refractivity contribution is 0.870. The Morgan fingerprint density at radius 2 is 2.12 bits per heavy atom. The molecule has 0 amide bonds. The highest BCUT2D eigenvalue weighted by Gasteiger charge is 2.10. The Balaban J connectivity index is 1.77. The third-order valence-corrected chi connectivity index (χ3v) is 4.78. The summed E-state index contributed by atoms with van der Waals surface area (Å²) in [6.07, 6.45) is 1.78. The highest BCUT2D eigenvalue weighted by Crippen LogP contribution is 2.24. The standard InChI is InChI=1S/C17H20N6S2/c1-4-18-16(24)21-12-5-6-14-13(9-12)22-15(23(14)3)10-25-17-19-8-7-11(2)20-17/h5-9H,4,10H2,1-3H3,(H2,18,21,24). The number of hydrogen-bond donors (Lipinski definition) is 2. The van der Waals surface area contributed by atoms with Crippen LogP contribution in [-0.4, -0.2) is 31.2 Å². The van der Waals surface area contributed by atoms with Crippen LogP contribution in [0.5, 0.6) is 0 Å². The predicted octanol–water partition coefficient (Wildman–Crippen LogP) is 3.27. The molecule has 130 valence electrons. The third kappa shape index (κ3) is 4.26. The van der Waals surface area contributed by atoms with Crippen LogP contribution in [0.3, 0.4) is 0 Å². The van der Waals surface area contributed by atoms with E-state index in [2.05, 4.69) is 31.2 Å². The topological polar surface area (TPSA) is 67.7 Å². The number of nitrogens with one attached hydrogen (secondary N) is 2. The molecule has 0 aliphatic heterocycles. The van der Waals surface area contributed by atoms with Gasteiger partial charge in [-0.3, -0.25) is 0 Å². The van der Waals surface area contributed by atoms with Crippen molar-refractivity contribution in [2.75, 3.05) is 11.9 Å². The minimum Gasteiger partial charge on any atom is -0.363 e. The highest BCUT2D eigenvalue weighted by atomic mass is 32.2. The fourth-order valence-electron chi connectivity index (χ4n) is 2.42. The van der Waals surface area contributed by atoms with E-state index in [0.29, 0.717) is 10.9 Å². The molecule has 0 bridgehead atoms. The van der Waals surface area contributed by atoms with E-state index in [9.17, 15) is 0 Å². The Morgan fingerprint density at radius 3 is 2.88 bits per heavy atom. The van der Waals surface area contributed by atoms with E-state index >= 15 is 0 Å². The van der Waals surface area contributed by atoms with Crippen molar-refractivity contribution < 1.29 is 0 Å². The molecule has 0 saturated heterocycles. The van der Waals surface area contributed by atoms with E-state index in [0.717, 1.165) is 39.9 Å². The summed E-state index contributed by atoms with van der Waals surface area (Å²) in [5.41, 5.74) is 3.92. The summed E-state index contributed by atoms with van der Waals surface area (Å²) in [7, 11) is 2.03. The maximum atomic E-state index is 5.23. The third-order valence-electron chi connectivity index (χ3n) is 3.67. The molecular formula is C17H20N6S2. The number of imidazole rings is 1. The first-order valence-corrected chi connectivity index (χ1v) is 9.39. The fourth-order valence-corrected chi connectivity index (χ4v) is 3.54. The molecule has 0 radical (unpaired) electrons. The van der Waals surface area contributed by atoms with Crippen molar-refractivity contribution in [1.29, 1.82) is 0 Å². The highest BCUT2D eigenvalue weighted by molar-refractivity contribution is 7.98. The van der Waals surface area contributed by atoms with Crippen LogP contribution in [0, 0.1) is 6.92 Å². The molecule has 2 aromatic heterocycles. The zero-order chi connectivity index (χ0) is 17.8. The summed E-state index contributed by atoms with van der Waals surface area (Å²) in [6, 6.07) is 7.96. The van der Waals surface area contributed by atoms with Gasteiger partial charge in [0.05, 0.1) is 16.8 Å². The summed E-state index contributed by atoms with van der Waals surface area (Å²) in [6.45, 7) is 4.77. The Labute approximate surface area is 156 Å². The second kappa shape index (κ2) is 7.79. The Kier molecular flexibility index (Phi) is 5.50. The molecule has 0 saturated carbocycles. The fraction of sp³-hybridized carbons (Fsp3) is 0.294. The molecule has 25 heavy (non-hydrogen) atoms. The smallest absolute Gasteiger partial charge is 0.188 e. The van der Waals surface area contributed by atoms with Crippen molar-refractivity contribution in [1.82, 2.24) is 24.8 Å². The molecule has 3 aromatic rings. The quantitative estimate of drug-likeness (QED) is 0.405. The minimum absolute atomic E-state index is 0.616. The first kappa shape index (κ1) is 17.6. The van der Waals surface area contributed by atoms with Crippen LogP contribution in [0.2, 0.25) is 0 Å². The van der Waals surface area contributed by atoms with E-state index in [1.807, 2.05) is 39.1 Å². The molecule has 6 nitrogen and oxygen atoms in total. The molecule has 0 aliphatic carbocycles. The first-order valence-electron chi connectivity index (χ1n) is 7.99. The zero-order valence-electron chi connectivity index (χ0n) is 14.4. The summed E-state index contributed by atoms with van der Waals surface area (Å²) < 4.78 is 2.10. The van der Waals surface area contributed by atoms with E-state index in [4.69, 9.17) is 17.2 Å². The van der Waals surface area contributed by atoms with Crippen LogP contribution in [0.15, 0.2) is 35.6 Å². The molecular weight excluding hydrogens is 352 g/mol. The van der Waals surface area contributed by atoms with Crippen LogP contribution < -0.4 is 10.6 Å². The number of fused-ring (bicyclic) bond motifs is 1. The van der Waals surface area contributed by atoms with Gasteiger partial charge < -0.3 is 15.2 Å². The molecule has 0 aliphatic rings. The first-order chi connectivity index (χ1) is 12.1. The van der Waals surface area contributed by atoms with Crippen LogP contribution in [-0.2, 0) is 12.8 Å². The van der Waals surface area contributed by atoms with Crippen LogP contribution in [0.1, 0.15) is 18.4 Å². The van der Waals surface area contributed by atoms with E-state index < -0.39 is 0 Å². The van der Waals surface area contributed by atoms with Gasteiger partial charge in [0.25, 0.3) is 0 Å². The molecule has 3 rings (SSSR count). The minimum atomic E-state index is 0.616. The van der Waals surface area contributed by atoms with Gasteiger partial charge in [-0.2, -0.15) is 0 Å². The van der Waals surface area contributed by atoms with Crippen LogP contribution in [0.4, 0.5) is 5.69 Å². The van der Waals surface area contributed by atoms with Crippen molar-refractivity contribution in [3.8, 4) is 0 Å². The second-order valence-corrected chi connectivity index (χ2v) is 6.90. The number of aryl methyl sites for hydroxylation is 2. The Hall–Kier alpha value is -2.19. The predicted molar refractivity (Wildman–Crippen MR) is 107 cm³/mol. The van der Waals surface area contributed by atoms with E-state index in [1.165, 1.54) is 0 Å². The number of hydrogen-bond acceptors (Lipinski definition) is 5. The number of aromatic nitrogens is 4. The van der Waals surface area contributed by atoms with Crippen LogP contribution >= 0.6 is 24.0 Å². The molecule has 2 heterocycles. The maximum Gasteiger partial charge on any atom is 0.188 e. The van der Waals surface area contributed by atoms with Gasteiger partial charge in [0.15, 0.2) is 10.3 Å². The van der Waals surface area contributed by atoms with Gasteiger partial charge in [-0.05, 0) is 50.3 Å². The lowest BCUT2D eigenvalue weighted by Crippen LogP contribution is -2.27. The second-order valence-electron chi connectivity index (χ2n) is 5.54. The average molecular weight is 373 g/mol. The van der Waals surface area contributed by atoms with Crippen molar-refractivity contribution in [3.05, 3.63) is 42.0 Å². The monoisotopic (exact) mass is 372 g/mol. The van der Waals surface area contributed by atoms with Crippen molar-refractivity contribution in [2.24, 2.45) is 7.05 Å². The van der Waals surface area contributed by atoms with Gasteiger partial charge in [0, 0.05) is 31.2 Å². The lowest BCUT2D eigenvalue weighted by atomic mass is 10.3. The maximum absolute atomic E-state index is 5.23. The normalized spacial score (nSPS) is 10.8. The van der Waals surface area contributed by atoms with Crippen molar-refractivity contribution in [3.63, 3.8) is 0 Å². The molecule has 0 unspecified atom stereocenters. The molecule has 2 N–H and O–H groups in total. The molecule has 0 spiro atoms. The molecule has 0 fully saturated rings. The van der Waals surface area contributed by atoms with E-state index in [-0.39, 0.29) is 0 Å². The van der Waals surface area contributed by atoms with Crippen molar-refractivity contribution >= 4 is 45.8 Å². The zero-order valence-corrected chi connectivity index (χ0v) is 16.0. The van der Waals surface area contributed by atoms with Gasteiger partial charge in [0.1, 0.15) is 5.82 Å². The summed E-state index contributed by atoms with van der Waals surface area (Å²) in [5.74, 6) is 1.70. The largest absolute Gasteiger partial charge is 0.363 e. The number of thiocarbonyl (C=S) groups is 1. The van der Waals surface area contributed by atoms with Crippen LogP contribution in [0.25, 0.3) is 11.0 Å². The number of rotatable bonds is 5. The average Bonchev–Trinajstić information content (AvgIpc) is 2.89. The molecule has 1 aromatic carbocycles. The van der Waals surface area contributed by atoms with Gasteiger partial charge in [0.2, 0.25) is 0 Å². The van der Waals surface area contributed by atoms with E-state index in [1.54, 1.807) is 18.0 Å². The summed E-state index contributed by atoms with van der Waals surface area (Å²) in [4.78, 5) is 13.5. The SMILES string of the molecule is CCNC(=S)Nc1ccc2c(c1)nc(CSc1nccc(C)n1)n2C. The van der Waals surface area contributed by atoms with Gasteiger partial charge in [-0.25, -0.2) is 15.0 Å². The molecule has 8 heteroatoms. The number of thioether (sulfide) groups is 1. The van der Waals surface area contributed by atoms with Gasteiger partial charge in [-0.15, -0.1) is 0 Å². The summed E-state index contributed by atoms with van der Waals surface area (Å²) >= 11 is 6.82. The number of nitrogens with zero attached hydrogens (tertiary/aromatic N) is 4. The van der Waals surface area contributed by atoms with Gasteiger partial charge in [-0.1, -0.05) is 11.8 Å².